The van der Waals surface area contributed by atoms with Crippen LogP contribution in [-0.2, 0) is 13.0 Å². The van der Waals surface area contributed by atoms with Gasteiger partial charge >= 0.3 is 0 Å². The van der Waals surface area contributed by atoms with Gasteiger partial charge in [-0.15, -0.1) is 0 Å². The van der Waals surface area contributed by atoms with E-state index in [-0.39, 0.29) is 5.69 Å². The second-order valence-electron chi connectivity index (χ2n) is 9.05. The summed E-state index contributed by atoms with van der Waals surface area (Å²) in [6, 6.07) is 23.0. The minimum atomic E-state index is -0.519. The third-order valence-electron chi connectivity index (χ3n) is 6.43. The quantitative estimate of drug-likeness (QED) is 0.436. The van der Waals surface area contributed by atoms with E-state index in [0.29, 0.717) is 0 Å². The molecule has 4 aromatic rings. The van der Waals surface area contributed by atoms with E-state index in [1.807, 2.05) is 25.3 Å². The highest BCUT2D eigenvalue weighted by atomic mass is 16.1. The number of rotatable bonds is 7. The summed E-state index contributed by atoms with van der Waals surface area (Å²) in [5.74, 6) is -0.519. The molecule has 178 valence electrons. The number of carbonyl (C=O) groups is 1. The Hall–Kier alpha value is -3.81. The van der Waals surface area contributed by atoms with Gasteiger partial charge in [0.05, 0.1) is 11.4 Å². The molecule has 0 bridgehead atoms. The maximum absolute atomic E-state index is 11.4. The predicted molar refractivity (Wildman–Crippen MR) is 137 cm³/mol. The first-order valence-electron chi connectivity index (χ1n) is 12.0. The lowest BCUT2D eigenvalue weighted by Gasteiger charge is -2.26. The fourth-order valence-corrected chi connectivity index (χ4v) is 4.50. The summed E-state index contributed by atoms with van der Waals surface area (Å²) in [7, 11) is 0. The predicted octanol–water partition coefficient (Wildman–Crippen LogP) is 3.34. The van der Waals surface area contributed by atoms with Gasteiger partial charge in [-0.2, -0.15) is 5.10 Å². The van der Waals surface area contributed by atoms with E-state index in [1.54, 1.807) is 10.7 Å². The van der Waals surface area contributed by atoms with Gasteiger partial charge in [0, 0.05) is 44.6 Å². The second-order valence-corrected chi connectivity index (χ2v) is 9.05. The molecule has 3 N–H and O–H groups in total. The van der Waals surface area contributed by atoms with Crippen molar-refractivity contribution >= 4 is 5.91 Å². The summed E-state index contributed by atoms with van der Waals surface area (Å²) in [5.41, 5.74) is 13.4. The molecule has 7 heteroatoms. The van der Waals surface area contributed by atoms with Crippen molar-refractivity contribution in [2.75, 3.05) is 26.2 Å². The van der Waals surface area contributed by atoms with Crippen LogP contribution in [-0.4, -0.2) is 51.8 Å². The Balaban J connectivity index is 1.25. The van der Waals surface area contributed by atoms with Crippen LogP contribution in [0, 0.1) is 6.92 Å². The zero-order valence-electron chi connectivity index (χ0n) is 19.9. The highest BCUT2D eigenvalue weighted by molar-refractivity contribution is 5.90. The Bertz CT molecular complexity index is 1300. The zero-order chi connectivity index (χ0) is 24.2. The van der Waals surface area contributed by atoms with Crippen molar-refractivity contribution in [2.24, 2.45) is 5.73 Å². The van der Waals surface area contributed by atoms with Crippen LogP contribution in [0.2, 0.25) is 0 Å². The van der Waals surface area contributed by atoms with Gasteiger partial charge in [-0.1, -0.05) is 36.4 Å². The van der Waals surface area contributed by atoms with Crippen LogP contribution in [0.5, 0.6) is 0 Å². The fourth-order valence-electron chi connectivity index (χ4n) is 4.50. The molecule has 0 unspecified atom stereocenters. The number of nitrogens with zero attached hydrogens (tertiary/aromatic N) is 4. The summed E-state index contributed by atoms with van der Waals surface area (Å²) >= 11 is 0. The molecule has 2 aromatic heterocycles. The van der Waals surface area contributed by atoms with Gasteiger partial charge in [-0.3, -0.25) is 14.7 Å². The third kappa shape index (κ3) is 5.48. The number of aryl methyl sites for hydroxylation is 1. The Labute approximate surface area is 205 Å². The molecule has 1 amide bonds. The summed E-state index contributed by atoms with van der Waals surface area (Å²) in [6.07, 6.45) is 2.76. The lowest BCUT2D eigenvalue weighted by Crippen LogP contribution is -2.43. The molecule has 0 radical (unpaired) electrons. The highest BCUT2D eigenvalue weighted by Gasteiger charge is 2.12. The average Bonchev–Trinajstić information content (AvgIpc) is 3.28. The Morgan fingerprint density at radius 1 is 0.943 bits per heavy atom. The van der Waals surface area contributed by atoms with Gasteiger partial charge in [0.25, 0.3) is 5.91 Å². The van der Waals surface area contributed by atoms with Gasteiger partial charge < -0.3 is 11.1 Å². The molecule has 35 heavy (non-hydrogen) atoms. The Kier molecular flexibility index (Phi) is 6.70. The number of nitrogens with one attached hydrogen (secondary N) is 1. The number of carbonyl (C=O) groups excluding carboxylic acids is 1. The number of pyridine rings is 1. The minimum Gasteiger partial charge on any atom is -0.364 e. The number of piperazine rings is 1. The normalized spacial score (nSPS) is 14.2. The molecule has 2 aromatic carbocycles. The van der Waals surface area contributed by atoms with E-state index < -0.39 is 5.91 Å². The summed E-state index contributed by atoms with van der Waals surface area (Å²) in [4.78, 5) is 18.4. The van der Waals surface area contributed by atoms with Crippen LogP contribution < -0.4 is 11.1 Å². The molecule has 0 spiro atoms. The van der Waals surface area contributed by atoms with Crippen molar-refractivity contribution < 1.29 is 4.79 Å². The van der Waals surface area contributed by atoms with Gasteiger partial charge in [0.15, 0.2) is 5.69 Å². The van der Waals surface area contributed by atoms with Crippen LogP contribution in [0.25, 0.3) is 16.8 Å². The summed E-state index contributed by atoms with van der Waals surface area (Å²) in [6.45, 7) is 7.03. The SMILES string of the molecule is Cc1cc(C(N)=O)nn1-c1ccc(Cc2ccc(-c3ccnc(CN4CCNCC4)c3)cc2)cc1. The topological polar surface area (TPSA) is 89.1 Å². The van der Waals surface area contributed by atoms with Crippen LogP contribution in [0.3, 0.4) is 0 Å². The first-order valence-corrected chi connectivity index (χ1v) is 12.0. The van der Waals surface area contributed by atoms with Crippen molar-refractivity contribution in [3.05, 3.63) is 101 Å². The molecule has 5 rings (SSSR count). The Morgan fingerprint density at radius 3 is 2.29 bits per heavy atom. The van der Waals surface area contributed by atoms with Gasteiger partial charge in [0.1, 0.15) is 0 Å². The van der Waals surface area contributed by atoms with Crippen molar-refractivity contribution in [3.63, 3.8) is 0 Å². The van der Waals surface area contributed by atoms with Crippen molar-refractivity contribution in [1.82, 2.24) is 25.0 Å². The highest BCUT2D eigenvalue weighted by Crippen LogP contribution is 2.22. The lowest BCUT2D eigenvalue weighted by molar-refractivity contribution is 0.0995. The molecule has 1 fully saturated rings. The monoisotopic (exact) mass is 466 g/mol. The maximum atomic E-state index is 11.4. The first kappa shape index (κ1) is 23.0. The smallest absolute Gasteiger partial charge is 0.269 e. The van der Waals surface area contributed by atoms with Gasteiger partial charge in [-0.25, -0.2) is 4.68 Å². The van der Waals surface area contributed by atoms with Crippen molar-refractivity contribution in [2.45, 2.75) is 19.9 Å². The van der Waals surface area contributed by atoms with E-state index in [2.05, 4.69) is 68.8 Å². The van der Waals surface area contributed by atoms with E-state index >= 15 is 0 Å². The number of primary amides is 1. The summed E-state index contributed by atoms with van der Waals surface area (Å²) in [5, 5.41) is 7.70. The molecular weight excluding hydrogens is 436 g/mol. The molecule has 3 heterocycles. The minimum absolute atomic E-state index is 0.275. The first-order chi connectivity index (χ1) is 17.0. The molecule has 7 nitrogen and oxygen atoms in total. The standard InChI is InChI=1S/C28H30N6O/c1-20-16-27(28(29)35)32-34(20)26-8-4-22(5-9-26)17-21-2-6-23(7-3-21)24-10-11-31-25(18-24)19-33-14-12-30-13-15-33/h2-11,16,18,30H,12-15,17,19H2,1H3,(H2,29,35). The number of hydrogen-bond acceptors (Lipinski definition) is 5. The van der Waals surface area contributed by atoms with Crippen LogP contribution in [0.4, 0.5) is 0 Å². The van der Waals surface area contributed by atoms with E-state index in [4.69, 9.17) is 5.73 Å². The average molecular weight is 467 g/mol. The molecular formula is C28H30N6O. The maximum Gasteiger partial charge on any atom is 0.269 e. The van der Waals surface area contributed by atoms with Gasteiger partial charge in [0.2, 0.25) is 0 Å². The number of nitrogens with two attached hydrogens (primary N) is 1. The van der Waals surface area contributed by atoms with E-state index in [9.17, 15) is 4.79 Å². The van der Waals surface area contributed by atoms with Gasteiger partial charge in [-0.05, 0) is 65.9 Å². The number of hydrogen-bond donors (Lipinski definition) is 2. The Morgan fingerprint density at radius 2 is 1.63 bits per heavy atom. The third-order valence-corrected chi connectivity index (χ3v) is 6.43. The molecule has 1 saturated heterocycles. The van der Waals surface area contributed by atoms with Crippen LogP contribution >= 0.6 is 0 Å². The van der Waals surface area contributed by atoms with Crippen molar-refractivity contribution in [3.8, 4) is 16.8 Å². The largest absolute Gasteiger partial charge is 0.364 e. The lowest BCUT2D eigenvalue weighted by atomic mass is 10.0. The zero-order valence-corrected chi connectivity index (χ0v) is 19.9. The molecule has 1 aliphatic heterocycles. The van der Waals surface area contributed by atoms with Crippen LogP contribution in [0.1, 0.15) is 33.0 Å². The number of benzene rings is 2. The second kappa shape index (κ2) is 10.2. The molecule has 0 saturated carbocycles. The number of aromatic nitrogens is 3. The van der Waals surface area contributed by atoms with Crippen molar-refractivity contribution in [1.29, 1.82) is 0 Å². The number of amides is 1. The van der Waals surface area contributed by atoms with E-state index in [0.717, 1.165) is 56.2 Å². The molecule has 0 aliphatic carbocycles. The summed E-state index contributed by atoms with van der Waals surface area (Å²) < 4.78 is 1.74. The molecule has 1 aliphatic rings. The van der Waals surface area contributed by atoms with Crippen LogP contribution in [0.15, 0.2) is 72.9 Å². The van der Waals surface area contributed by atoms with E-state index in [1.165, 1.54) is 22.3 Å². The fraction of sp³-hybridized carbons (Fsp3) is 0.250. The molecule has 0 atom stereocenters.